The second-order valence-electron chi connectivity index (χ2n) is 7.22. The van der Waals surface area contributed by atoms with Gasteiger partial charge in [0.05, 0.1) is 13.5 Å². The molecule has 0 aliphatic carbocycles. The van der Waals surface area contributed by atoms with Gasteiger partial charge in [-0.25, -0.2) is 5.48 Å². The highest BCUT2D eigenvalue weighted by atomic mass is 16.5. The van der Waals surface area contributed by atoms with Crippen molar-refractivity contribution >= 4 is 23.6 Å². The van der Waals surface area contributed by atoms with Crippen LogP contribution in [0, 0.1) is 0 Å². The summed E-state index contributed by atoms with van der Waals surface area (Å²) in [7, 11) is 1.62. The van der Waals surface area contributed by atoms with Crippen molar-refractivity contribution in [2.45, 2.75) is 25.3 Å². The second kappa shape index (κ2) is 10.5. The minimum atomic E-state index is -0.567. The smallest absolute Gasteiger partial charge is 0.267 e. The molecule has 0 bridgehead atoms. The molecule has 30 heavy (non-hydrogen) atoms. The average Bonchev–Trinajstić information content (AvgIpc) is 2.78. The van der Waals surface area contributed by atoms with E-state index in [1.165, 1.54) is 6.08 Å². The summed E-state index contributed by atoms with van der Waals surface area (Å²) < 4.78 is 5.14. The van der Waals surface area contributed by atoms with Gasteiger partial charge in [0.15, 0.2) is 0 Å². The maximum Gasteiger partial charge on any atom is 0.267 e. The number of piperidine rings is 1. The topological polar surface area (TPSA) is 90.9 Å². The average molecular weight is 409 g/mol. The summed E-state index contributed by atoms with van der Waals surface area (Å²) in [5, 5.41) is 11.8. The van der Waals surface area contributed by atoms with E-state index in [2.05, 4.69) is 10.2 Å². The van der Waals surface area contributed by atoms with Crippen LogP contribution in [0.3, 0.4) is 0 Å². The number of rotatable bonds is 7. The van der Waals surface area contributed by atoms with Crippen molar-refractivity contribution in [1.82, 2.24) is 10.8 Å². The van der Waals surface area contributed by atoms with Gasteiger partial charge in [-0.3, -0.25) is 14.8 Å². The number of ether oxygens (including phenoxy) is 1. The number of hydroxylamine groups is 1. The van der Waals surface area contributed by atoms with E-state index < -0.39 is 5.91 Å². The summed E-state index contributed by atoms with van der Waals surface area (Å²) in [6.07, 6.45) is 5.03. The first kappa shape index (κ1) is 21.4. The molecule has 7 nitrogen and oxygen atoms in total. The van der Waals surface area contributed by atoms with Crippen molar-refractivity contribution in [3.63, 3.8) is 0 Å². The van der Waals surface area contributed by atoms with Gasteiger partial charge in [0.2, 0.25) is 5.91 Å². The lowest BCUT2D eigenvalue weighted by atomic mass is 10.0. The molecule has 1 aliphatic rings. The molecule has 0 unspecified atom stereocenters. The van der Waals surface area contributed by atoms with Crippen molar-refractivity contribution in [3.05, 3.63) is 65.7 Å². The molecule has 0 atom stereocenters. The SMILES string of the molecule is COc1ccc(CC(=O)NC2CCN(c3ccccc3C=CC(=O)NO)CC2)cc1. The Morgan fingerprint density at radius 2 is 1.83 bits per heavy atom. The van der Waals surface area contributed by atoms with Gasteiger partial charge in [-0.05, 0) is 48.2 Å². The van der Waals surface area contributed by atoms with Crippen LogP contribution in [0.2, 0.25) is 0 Å². The van der Waals surface area contributed by atoms with E-state index in [0.29, 0.717) is 6.42 Å². The summed E-state index contributed by atoms with van der Waals surface area (Å²) in [5.41, 5.74) is 4.49. The molecule has 1 fully saturated rings. The van der Waals surface area contributed by atoms with Crippen LogP contribution in [0.15, 0.2) is 54.6 Å². The van der Waals surface area contributed by atoms with Gasteiger partial charge in [0.1, 0.15) is 5.75 Å². The third-order valence-corrected chi connectivity index (χ3v) is 5.19. The standard InChI is InChI=1S/C23H27N3O4/c1-30-20-9-6-17(7-10-20)16-23(28)24-19-12-14-26(15-13-19)21-5-3-2-4-18(21)8-11-22(27)25-29/h2-11,19,29H,12-16H2,1H3,(H,24,28)(H,25,27). The molecule has 1 aliphatic heterocycles. The summed E-state index contributed by atoms with van der Waals surface area (Å²) in [6, 6.07) is 15.5. The van der Waals surface area contributed by atoms with Crippen LogP contribution in [0.1, 0.15) is 24.0 Å². The molecular weight excluding hydrogens is 382 g/mol. The number of carbonyl (C=O) groups excluding carboxylic acids is 2. The number of nitrogens with zero attached hydrogens (tertiary/aromatic N) is 1. The van der Waals surface area contributed by atoms with Crippen molar-refractivity contribution in [1.29, 1.82) is 0 Å². The highest BCUT2D eigenvalue weighted by molar-refractivity contribution is 5.91. The minimum absolute atomic E-state index is 0.0250. The normalized spacial score (nSPS) is 14.5. The first-order valence-electron chi connectivity index (χ1n) is 9.97. The highest BCUT2D eigenvalue weighted by Crippen LogP contribution is 2.25. The number of benzene rings is 2. The molecule has 0 spiro atoms. The van der Waals surface area contributed by atoms with Crippen LogP contribution in [0.25, 0.3) is 6.08 Å². The van der Waals surface area contributed by atoms with Crippen LogP contribution in [-0.4, -0.2) is 43.3 Å². The summed E-state index contributed by atoms with van der Waals surface area (Å²) in [6.45, 7) is 1.62. The number of para-hydroxylation sites is 1. The molecule has 7 heteroatoms. The fourth-order valence-corrected chi connectivity index (χ4v) is 3.59. The van der Waals surface area contributed by atoms with Crippen molar-refractivity contribution in [3.8, 4) is 5.75 Å². The van der Waals surface area contributed by atoms with Gasteiger partial charge in [0, 0.05) is 30.9 Å². The molecule has 2 aromatic carbocycles. The quantitative estimate of drug-likeness (QED) is 0.371. The van der Waals surface area contributed by atoms with Crippen LogP contribution in [0.4, 0.5) is 5.69 Å². The second-order valence-corrected chi connectivity index (χ2v) is 7.22. The number of methoxy groups -OCH3 is 1. The Kier molecular flexibility index (Phi) is 7.45. The minimum Gasteiger partial charge on any atom is -0.497 e. The lowest BCUT2D eigenvalue weighted by Crippen LogP contribution is -2.45. The van der Waals surface area contributed by atoms with E-state index in [9.17, 15) is 9.59 Å². The zero-order chi connectivity index (χ0) is 21.3. The van der Waals surface area contributed by atoms with E-state index in [4.69, 9.17) is 9.94 Å². The lowest BCUT2D eigenvalue weighted by Gasteiger charge is -2.34. The van der Waals surface area contributed by atoms with E-state index in [1.807, 2.05) is 48.5 Å². The molecule has 1 saturated heterocycles. The first-order chi connectivity index (χ1) is 14.6. The number of carbonyl (C=O) groups is 2. The summed E-state index contributed by atoms with van der Waals surface area (Å²) in [5.74, 6) is 0.235. The molecule has 2 aromatic rings. The van der Waals surface area contributed by atoms with Gasteiger partial charge < -0.3 is 15.0 Å². The molecule has 0 radical (unpaired) electrons. The number of hydrogen-bond acceptors (Lipinski definition) is 5. The van der Waals surface area contributed by atoms with E-state index in [1.54, 1.807) is 18.7 Å². The Labute approximate surface area is 176 Å². The summed E-state index contributed by atoms with van der Waals surface area (Å²) >= 11 is 0. The van der Waals surface area contributed by atoms with Crippen LogP contribution < -0.4 is 20.4 Å². The van der Waals surface area contributed by atoms with Gasteiger partial charge in [-0.15, -0.1) is 0 Å². The molecule has 158 valence electrons. The van der Waals surface area contributed by atoms with Gasteiger partial charge in [-0.1, -0.05) is 30.3 Å². The molecule has 3 rings (SSSR count). The summed E-state index contributed by atoms with van der Waals surface area (Å²) in [4.78, 5) is 25.9. The number of anilines is 1. The van der Waals surface area contributed by atoms with Crippen LogP contribution in [-0.2, 0) is 16.0 Å². The van der Waals surface area contributed by atoms with Gasteiger partial charge in [-0.2, -0.15) is 0 Å². The molecule has 0 aromatic heterocycles. The predicted molar refractivity (Wildman–Crippen MR) is 115 cm³/mol. The largest absolute Gasteiger partial charge is 0.497 e. The molecule has 2 amide bonds. The fourth-order valence-electron chi connectivity index (χ4n) is 3.59. The Hall–Kier alpha value is -3.32. The molecule has 3 N–H and O–H groups in total. The van der Waals surface area contributed by atoms with Crippen LogP contribution >= 0.6 is 0 Å². The number of amides is 2. The van der Waals surface area contributed by atoms with Crippen molar-refractivity contribution < 1.29 is 19.5 Å². The zero-order valence-electron chi connectivity index (χ0n) is 17.0. The molecule has 1 heterocycles. The van der Waals surface area contributed by atoms with Gasteiger partial charge >= 0.3 is 0 Å². The van der Waals surface area contributed by atoms with E-state index in [-0.39, 0.29) is 11.9 Å². The van der Waals surface area contributed by atoms with Crippen LogP contribution in [0.5, 0.6) is 5.75 Å². The molecular formula is C23H27N3O4. The Morgan fingerprint density at radius 3 is 2.50 bits per heavy atom. The number of hydrogen-bond donors (Lipinski definition) is 3. The fraction of sp³-hybridized carbons (Fsp3) is 0.304. The highest BCUT2D eigenvalue weighted by Gasteiger charge is 2.22. The first-order valence-corrected chi connectivity index (χ1v) is 9.97. The lowest BCUT2D eigenvalue weighted by molar-refractivity contribution is -0.124. The third-order valence-electron chi connectivity index (χ3n) is 5.19. The zero-order valence-corrected chi connectivity index (χ0v) is 17.0. The molecule has 0 saturated carbocycles. The van der Waals surface area contributed by atoms with Gasteiger partial charge in [0.25, 0.3) is 5.91 Å². The Bertz CT molecular complexity index is 888. The van der Waals surface area contributed by atoms with Crippen molar-refractivity contribution in [2.24, 2.45) is 0 Å². The Balaban J connectivity index is 1.53. The van der Waals surface area contributed by atoms with E-state index in [0.717, 1.165) is 48.5 Å². The number of nitrogens with one attached hydrogen (secondary N) is 2. The Morgan fingerprint density at radius 1 is 1.13 bits per heavy atom. The monoisotopic (exact) mass is 409 g/mol. The maximum atomic E-state index is 12.4. The predicted octanol–water partition coefficient (Wildman–Crippen LogP) is 2.54. The third kappa shape index (κ3) is 5.84. The van der Waals surface area contributed by atoms with E-state index >= 15 is 0 Å². The van der Waals surface area contributed by atoms with Crippen molar-refractivity contribution in [2.75, 3.05) is 25.1 Å². The maximum absolute atomic E-state index is 12.4.